The molecule has 3 aromatic rings. The van der Waals surface area contributed by atoms with Gasteiger partial charge in [0.2, 0.25) is 0 Å². The average Bonchev–Trinajstić information content (AvgIpc) is 2.56. The number of rotatable bonds is 4. The van der Waals surface area contributed by atoms with E-state index in [1.807, 2.05) is 18.2 Å². The molecule has 0 radical (unpaired) electrons. The third-order valence-electron chi connectivity index (χ3n) is 3.60. The SMILES string of the molecule is CC(C)(O)c1ncc(-c2ccc3ncc(Cl)c(NCCl)c3c2)cn1. The van der Waals surface area contributed by atoms with Crippen LogP contribution in [0.3, 0.4) is 0 Å². The van der Waals surface area contributed by atoms with Crippen molar-refractivity contribution in [2.75, 3.05) is 11.3 Å². The Morgan fingerprint density at radius 1 is 1.08 bits per heavy atom. The fraction of sp³-hybridized carbons (Fsp3) is 0.235. The molecule has 2 heterocycles. The van der Waals surface area contributed by atoms with Gasteiger partial charge in [-0.25, -0.2) is 9.97 Å². The highest BCUT2D eigenvalue weighted by Gasteiger charge is 2.19. The zero-order valence-electron chi connectivity index (χ0n) is 13.2. The number of pyridine rings is 1. The Morgan fingerprint density at radius 3 is 2.42 bits per heavy atom. The van der Waals surface area contributed by atoms with Crippen LogP contribution in [-0.2, 0) is 5.60 Å². The molecule has 124 valence electrons. The third-order valence-corrected chi connectivity index (χ3v) is 4.02. The molecule has 0 saturated heterocycles. The normalized spacial score (nSPS) is 11.7. The van der Waals surface area contributed by atoms with E-state index >= 15 is 0 Å². The van der Waals surface area contributed by atoms with Crippen LogP contribution in [0.15, 0.2) is 36.8 Å². The standard InChI is InChI=1S/C17H16Cl2N4O/c1-17(2,24)16-21-6-11(7-22-16)10-3-4-14-12(5-10)15(23-9-18)13(19)8-20-14/h3-8,24H,9H2,1-2H3,(H,20,23). The van der Waals surface area contributed by atoms with Gasteiger partial charge in [0.05, 0.1) is 22.2 Å². The van der Waals surface area contributed by atoms with Crippen molar-refractivity contribution < 1.29 is 5.11 Å². The van der Waals surface area contributed by atoms with E-state index in [2.05, 4.69) is 20.3 Å². The van der Waals surface area contributed by atoms with Crippen molar-refractivity contribution >= 4 is 39.8 Å². The van der Waals surface area contributed by atoms with Crippen LogP contribution >= 0.6 is 23.2 Å². The molecule has 2 aromatic heterocycles. The van der Waals surface area contributed by atoms with Crippen molar-refractivity contribution in [3.63, 3.8) is 0 Å². The van der Waals surface area contributed by atoms with Crippen molar-refractivity contribution in [1.82, 2.24) is 15.0 Å². The molecular weight excluding hydrogens is 347 g/mol. The Hall–Kier alpha value is -1.95. The number of fused-ring (bicyclic) bond motifs is 1. The van der Waals surface area contributed by atoms with Crippen molar-refractivity contribution in [1.29, 1.82) is 0 Å². The minimum absolute atomic E-state index is 0.243. The number of hydrogen-bond donors (Lipinski definition) is 2. The Bertz CT molecular complexity index is 876. The predicted molar refractivity (Wildman–Crippen MR) is 97.4 cm³/mol. The van der Waals surface area contributed by atoms with Gasteiger partial charge >= 0.3 is 0 Å². The first-order valence-corrected chi connectivity index (χ1v) is 8.25. The number of halogens is 2. The van der Waals surface area contributed by atoms with Crippen LogP contribution in [0.2, 0.25) is 5.02 Å². The second kappa shape index (κ2) is 6.51. The molecule has 0 bridgehead atoms. The summed E-state index contributed by atoms with van der Waals surface area (Å²) in [5.41, 5.74) is 2.24. The second-order valence-corrected chi connectivity index (χ2v) is 6.55. The lowest BCUT2D eigenvalue weighted by atomic mass is 10.0. The quantitative estimate of drug-likeness (QED) is 0.538. The van der Waals surface area contributed by atoms with Gasteiger partial charge in [0, 0.05) is 29.5 Å². The number of nitrogens with zero attached hydrogens (tertiary/aromatic N) is 3. The number of benzene rings is 1. The summed E-state index contributed by atoms with van der Waals surface area (Å²) < 4.78 is 0. The molecule has 0 aliphatic carbocycles. The van der Waals surface area contributed by atoms with E-state index in [9.17, 15) is 5.11 Å². The monoisotopic (exact) mass is 362 g/mol. The molecule has 0 spiro atoms. The van der Waals surface area contributed by atoms with Gasteiger partial charge in [-0.05, 0) is 31.5 Å². The molecule has 7 heteroatoms. The maximum absolute atomic E-state index is 9.95. The van der Waals surface area contributed by atoms with Crippen molar-refractivity contribution in [2.24, 2.45) is 0 Å². The Morgan fingerprint density at radius 2 is 1.79 bits per heavy atom. The van der Waals surface area contributed by atoms with E-state index < -0.39 is 5.60 Å². The van der Waals surface area contributed by atoms with Crippen LogP contribution in [0.5, 0.6) is 0 Å². The van der Waals surface area contributed by atoms with Gasteiger partial charge < -0.3 is 10.4 Å². The van der Waals surface area contributed by atoms with Crippen LogP contribution in [0.4, 0.5) is 5.69 Å². The van der Waals surface area contributed by atoms with Crippen molar-refractivity contribution in [2.45, 2.75) is 19.4 Å². The summed E-state index contributed by atoms with van der Waals surface area (Å²) in [5, 5.41) is 14.4. The summed E-state index contributed by atoms with van der Waals surface area (Å²) in [6.07, 6.45) is 4.97. The fourth-order valence-corrected chi connectivity index (χ4v) is 2.74. The summed E-state index contributed by atoms with van der Waals surface area (Å²) in [4.78, 5) is 12.8. The third kappa shape index (κ3) is 3.29. The predicted octanol–water partition coefficient (Wildman–Crippen LogP) is 4.18. The molecule has 5 nitrogen and oxygen atoms in total. The summed E-state index contributed by atoms with van der Waals surface area (Å²) in [7, 11) is 0. The maximum Gasteiger partial charge on any atom is 0.159 e. The van der Waals surface area contributed by atoms with Crippen molar-refractivity contribution in [3.05, 3.63) is 47.6 Å². The number of anilines is 1. The van der Waals surface area contributed by atoms with Crippen LogP contribution in [0, 0.1) is 0 Å². The number of aromatic nitrogens is 3. The Balaban J connectivity index is 2.08. The van der Waals surface area contributed by atoms with E-state index in [1.165, 1.54) is 0 Å². The first kappa shape index (κ1) is 16.9. The molecule has 3 rings (SSSR count). The van der Waals surface area contributed by atoms with Gasteiger partial charge in [-0.15, -0.1) is 11.6 Å². The topological polar surface area (TPSA) is 70.9 Å². The first-order chi connectivity index (χ1) is 11.4. The number of hydrogen-bond acceptors (Lipinski definition) is 5. The van der Waals surface area contributed by atoms with Gasteiger partial charge in [-0.1, -0.05) is 17.7 Å². The summed E-state index contributed by atoms with van der Waals surface area (Å²) in [5.74, 6) is 0.376. The summed E-state index contributed by atoms with van der Waals surface area (Å²) >= 11 is 12.0. The molecule has 0 aliphatic heterocycles. The zero-order valence-corrected chi connectivity index (χ0v) is 14.7. The number of nitrogens with one attached hydrogen (secondary N) is 1. The molecule has 0 fully saturated rings. The van der Waals surface area contributed by atoms with E-state index in [1.54, 1.807) is 32.4 Å². The van der Waals surface area contributed by atoms with Crippen LogP contribution < -0.4 is 5.32 Å². The molecule has 0 aliphatic rings. The summed E-state index contributed by atoms with van der Waals surface area (Å²) in [6.45, 7) is 3.30. The lowest BCUT2D eigenvalue weighted by Crippen LogP contribution is -2.19. The van der Waals surface area contributed by atoms with Gasteiger partial charge in [0.25, 0.3) is 0 Å². The highest BCUT2D eigenvalue weighted by atomic mass is 35.5. The summed E-state index contributed by atoms with van der Waals surface area (Å²) in [6, 6.07) is 6.05. The Labute approximate surface area is 149 Å². The smallest absolute Gasteiger partial charge is 0.159 e. The minimum atomic E-state index is -1.07. The van der Waals surface area contributed by atoms with E-state index in [0.29, 0.717) is 10.8 Å². The fourth-order valence-electron chi connectivity index (χ4n) is 2.39. The second-order valence-electron chi connectivity index (χ2n) is 5.88. The largest absolute Gasteiger partial charge is 0.382 e. The molecule has 0 saturated carbocycles. The highest BCUT2D eigenvalue weighted by molar-refractivity contribution is 6.35. The lowest BCUT2D eigenvalue weighted by molar-refractivity contribution is 0.0687. The highest BCUT2D eigenvalue weighted by Crippen LogP contribution is 2.32. The van der Waals surface area contributed by atoms with E-state index in [0.717, 1.165) is 27.7 Å². The van der Waals surface area contributed by atoms with E-state index in [4.69, 9.17) is 23.2 Å². The zero-order chi connectivity index (χ0) is 17.3. The molecule has 0 amide bonds. The van der Waals surface area contributed by atoms with Gasteiger partial charge in [0.1, 0.15) is 5.60 Å². The van der Waals surface area contributed by atoms with Crippen LogP contribution in [-0.4, -0.2) is 26.1 Å². The molecule has 0 atom stereocenters. The average molecular weight is 363 g/mol. The van der Waals surface area contributed by atoms with Crippen LogP contribution in [0.1, 0.15) is 19.7 Å². The van der Waals surface area contributed by atoms with Crippen molar-refractivity contribution in [3.8, 4) is 11.1 Å². The van der Waals surface area contributed by atoms with Gasteiger partial charge in [-0.2, -0.15) is 0 Å². The molecular formula is C17H16Cl2N4O. The number of alkyl halides is 1. The maximum atomic E-state index is 9.95. The van der Waals surface area contributed by atoms with E-state index in [-0.39, 0.29) is 6.00 Å². The first-order valence-electron chi connectivity index (χ1n) is 7.33. The van der Waals surface area contributed by atoms with Gasteiger partial charge in [0.15, 0.2) is 5.82 Å². The van der Waals surface area contributed by atoms with Gasteiger partial charge in [-0.3, -0.25) is 4.98 Å². The molecule has 24 heavy (non-hydrogen) atoms. The Kier molecular flexibility index (Phi) is 4.58. The molecule has 1 aromatic carbocycles. The lowest BCUT2D eigenvalue weighted by Gasteiger charge is -2.15. The number of aliphatic hydroxyl groups is 1. The molecule has 0 unspecified atom stereocenters. The van der Waals surface area contributed by atoms with Crippen LogP contribution in [0.25, 0.3) is 22.0 Å². The molecule has 2 N–H and O–H groups in total. The minimum Gasteiger partial charge on any atom is -0.382 e.